The van der Waals surface area contributed by atoms with E-state index >= 15 is 0 Å². The maximum Gasteiger partial charge on any atom is 0.256 e. The van der Waals surface area contributed by atoms with Crippen LogP contribution in [0, 0.1) is 11.6 Å². The van der Waals surface area contributed by atoms with Crippen molar-refractivity contribution in [1.29, 1.82) is 0 Å². The van der Waals surface area contributed by atoms with Crippen LogP contribution in [0.1, 0.15) is 54.9 Å². The molecule has 3 N–H and O–H groups in total. The lowest BCUT2D eigenvalue weighted by Crippen LogP contribution is -2.45. The van der Waals surface area contributed by atoms with E-state index in [0.29, 0.717) is 24.9 Å². The molecule has 2 saturated carbocycles. The van der Waals surface area contributed by atoms with Crippen LogP contribution >= 0.6 is 23.2 Å². The highest BCUT2D eigenvalue weighted by molar-refractivity contribution is 6.31. The zero-order valence-corrected chi connectivity index (χ0v) is 22.6. The van der Waals surface area contributed by atoms with Gasteiger partial charge in [-0.1, -0.05) is 23.2 Å². The normalized spacial score (nSPS) is 20.1. The first-order valence-corrected chi connectivity index (χ1v) is 13.8. The minimum Gasteiger partial charge on any atom is -0.491 e. The Kier molecular flexibility index (Phi) is 8.42. The number of rotatable bonds is 9. The van der Waals surface area contributed by atoms with Crippen LogP contribution < -0.4 is 20.8 Å². The lowest BCUT2D eigenvalue weighted by atomic mass is 9.91. The number of pyridine rings is 1. The number of nitrogens with zero attached hydrogens (tertiary/aromatic N) is 1. The van der Waals surface area contributed by atoms with E-state index in [1.165, 1.54) is 24.3 Å². The van der Waals surface area contributed by atoms with Crippen molar-refractivity contribution in [1.82, 2.24) is 15.2 Å². The molecule has 0 aliphatic heterocycles. The van der Waals surface area contributed by atoms with E-state index in [4.69, 9.17) is 27.9 Å². The van der Waals surface area contributed by atoms with Gasteiger partial charge in [-0.25, -0.2) is 8.78 Å². The van der Waals surface area contributed by atoms with Crippen molar-refractivity contribution in [3.8, 4) is 5.75 Å². The number of aliphatic hydroxyl groups excluding tert-OH is 1. The molecule has 5 rings (SSSR count). The fraction of sp³-hybridized carbons (Fsp3) is 0.429. The number of halogens is 4. The van der Waals surface area contributed by atoms with Gasteiger partial charge in [0.25, 0.3) is 5.91 Å². The maximum atomic E-state index is 14.2. The zero-order valence-electron chi connectivity index (χ0n) is 21.1. The third-order valence-electron chi connectivity index (χ3n) is 7.30. The monoisotopic (exact) mass is 579 g/mol. The summed E-state index contributed by atoms with van der Waals surface area (Å²) in [6, 6.07) is 6.88. The van der Waals surface area contributed by atoms with Gasteiger partial charge in [0.15, 0.2) is 0 Å². The molecular weight excluding hydrogens is 551 g/mol. The summed E-state index contributed by atoms with van der Waals surface area (Å²) in [5, 5.41) is 16.6. The smallest absolute Gasteiger partial charge is 0.256 e. The molecule has 0 spiro atoms. The summed E-state index contributed by atoms with van der Waals surface area (Å²) < 4.78 is 35.0. The fourth-order valence-electron chi connectivity index (χ4n) is 4.99. The van der Waals surface area contributed by atoms with Crippen LogP contribution in [-0.4, -0.2) is 46.9 Å². The number of aromatic nitrogens is 1. The van der Waals surface area contributed by atoms with Gasteiger partial charge in [0.1, 0.15) is 35.7 Å². The molecule has 0 radical (unpaired) electrons. The number of fused-ring (bicyclic) bond motifs is 1. The standard InChI is InChI=1S/C28H29Cl2F2N3O4/c29-22-8-7-19(9-24(22)31)39-14-18(36)12-33-15-1-3-16(4-2-15)34-28(38)21-13-35(17-5-6-17)26-11-23(30)25(32)10-20(26)27(21)37/h7-11,13,15-18,33,36H,1-6,12,14H2,(H,34,38)/t15?,16?,18-/m0/s1. The number of hydrogen-bond donors (Lipinski definition) is 3. The SMILES string of the molecule is O=C(NC1CCC(NC[C@H](O)COc2ccc(Cl)c(F)c2)CC1)c1cn(C2CC2)c2cc(Cl)c(F)cc2c1=O. The highest BCUT2D eigenvalue weighted by atomic mass is 35.5. The molecule has 0 unspecified atom stereocenters. The molecule has 208 valence electrons. The number of hydrogen-bond acceptors (Lipinski definition) is 5. The summed E-state index contributed by atoms with van der Waals surface area (Å²) in [6.07, 6.45) is 5.58. The molecule has 0 bridgehead atoms. The van der Waals surface area contributed by atoms with Gasteiger partial charge in [0, 0.05) is 42.3 Å². The van der Waals surface area contributed by atoms with E-state index in [-0.39, 0.29) is 51.5 Å². The Balaban J connectivity index is 1.13. The molecule has 1 aromatic heterocycles. The Morgan fingerprint density at radius 3 is 2.41 bits per heavy atom. The van der Waals surface area contributed by atoms with Gasteiger partial charge in [-0.15, -0.1) is 0 Å². The molecule has 2 aliphatic rings. The number of ether oxygens (including phenoxy) is 1. The Morgan fingerprint density at radius 2 is 1.72 bits per heavy atom. The van der Waals surface area contributed by atoms with E-state index in [9.17, 15) is 23.5 Å². The van der Waals surface area contributed by atoms with Crippen LogP contribution in [0.3, 0.4) is 0 Å². The average molecular weight is 580 g/mol. The average Bonchev–Trinajstić information content (AvgIpc) is 3.76. The third-order valence-corrected chi connectivity index (χ3v) is 7.89. The molecular formula is C28H29Cl2F2N3O4. The van der Waals surface area contributed by atoms with Gasteiger partial charge >= 0.3 is 0 Å². The van der Waals surface area contributed by atoms with Crippen LogP contribution in [0.5, 0.6) is 5.75 Å². The molecule has 39 heavy (non-hydrogen) atoms. The van der Waals surface area contributed by atoms with Crippen molar-refractivity contribution in [2.24, 2.45) is 0 Å². The summed E-state index contributed by atoms with van der Waals surface area (Å²) >= 11 is 11.6. The van der Waals surface area contributed by atoms with Crippen molar-refractivity contribution < 1.29 is 23.4 Å². The van der Waals surface area contributed by atoms with E-state index in [0.717, 1.165) is 31.7 Å². The summed E-state index contributed by atoms with van der Waals surface area (Å²) in [5.41, 5.74) is 0.0212. The van der Waals surface area contributed by atoms with Crippen molar-refractivity contribution in [3.63, 3.8) is 0 Å². The first-order chi connectivity index (χ1) is 18.7. The minimum atomic E-state index is -0.789. The van der Waals surface area contributed by atoms with Gasteiger partial charge in [0.2, 0.25) is 5.43 Å². The Labute approximate surface area is 234 Å². The fourth-order valence-corrected chi connectivity index (χ4v) is 5.26. The lowest BCUT2D eigenvalue weighted by molar-refractivity contribution is 0.0913. The molecule has 0 saturated heterocycles. The molecule has 1 amide bonds. The second-order valence-corrected chi connectivity index (χ2v) is 11.1. The van der Waals surface area contributed by atoms with Gasteiger partial charge < -0.3 is 25.0 Å². The van der Waals surface area contributed by atoms with Crippen LogP contribution in [0.25, 0.3) is 10.9 Å². The molecule has 7 nitrogen and oxygen atoms in total. The molecule has 11 heteroatoms. The summed E-state index contributed by atoms with van der Waals surface area (Å²) in [6.45, 7) is 0.301. The predicted molar refractivity (Wildman–Crippen MR) is 146 cm³/mol. The maximum absolute atomic E-state index is 14.2. The molecule has 2 aliphatic carbocycles. The lowest BCUT2D eigenvalue weighted by Gasteiger charge is -2.30. The van der Waals surface area contributed by atoms with Crippen molar-refractivity contribution in [3.05, 3.63) is 74.0 Å². The second kappa shape index (κ2) is 11.8. The molecule has 2 aromatic carbocycles. The predicted octanol–water partition coefficient (Wildman–Crippen LogP) is 4.99. The van der Waals surface area contributed by atoms with Gasteiger partial charge in [-0.3, -0.25) is 9.59 Å². The topological polar surface area (TPSA) is 92.6 Å². The van der Waals surface area contributed by atoms with E-state index in [1.807, 2.05) is 4.57 Å². The van der Waals surface area contributed by atoms with Crippen molar-refractivity contribution in [2.45, 2.75) is 62.8 Å². The van der Waals surface area contributed by atoms with Crippen LogP contribution in [0.15, 0.2) is 41.3 Å². The third kappa shape index (κ3) is 6.54. The van der Waals surface area contributed by atoms with Gasteiger partial charge in [0.05, 0.1) is 15.6 Å². The summed E-state index contributed by atoms with van der Waals surface area (Å²) in [7, 11) is 0. The first kappa shape index (κ1) is 27.8. The minimum absolute atomic E-state index is 0.0000573. The number of carbonyl (C=O) groups excluding carboxylic acids is 1. The highest BCUT2D eigenvalue weighted by Gasteiger charge is 2.29. The molecule has 1 atom stereocenters. The van der Waals surface area contributed by atoms with E-state index in [1.54, 1.807) is 6.20 Å². The summed E-state index contributed by atoms with van der Waals surface area (Å²) in [4.78, 5) is 26.2. The first-order valence-electron chi connectivity index (χ1n) is 13.0. The number of amides is 1. The Morgan fingerprint density at radius 1 is 1.03 bits per heavy atom. The van der Waals surface area contributed by atoms with Crippen molar-refractivity contribution >= 4 is 40.0 Å². The largest absolute Gasteiger partial charge is 0.491 e. The van der Waals surface area contributed by atoms with E-state index < -0.39 is 29.1 Å². The second-order valence-electron chi connectivity index (χ2n) is 10.3. The van der Waals surface area contributed by atoms with Crippen LogP contribution in [0.4, 0.5) is 8.78 Å². The summed E-state index contributed by atoms with van der Waals surface area (Å²) in [5.74, 6) is -1.45. The quantitative estimate of drug-likeness (QED) is 0.332. The number of nitrogens with one attached hydrogen (secondary N) is 2. The Hall–Kier alpha value is -2.72. The highest BCUT2D eigenvalue weighted by Crippen LogP contribution is 2.37. The van der Waals surface area contributed by atoms with Gasteiger partial charge in [-0.2, -0.15) is 0 Å². The molecule has 1 heterocycles. The molecule has 3 aromatic rings. The zero-order chi connectivity index (χ0) is 27.7. The number of benzene rings is 2. The van der Waals surface area contributed by atoms with Crippen LogP contribution in [0.2, 0.25) is 10.0 Å². The molecule has 2 fully saturated rings. The number of carbonyl (C=O) groups is 1. The van der Waals surface area contributed by atoms with Crippen LogP contribution in [-0.2, 0) is 0 Å². The number of aliphatic hydroxyl groups is 1. The van der Waals surface area contributed by atoms with E-state index in [2.05, 4.69) is 10.6 Å². The Bertz CT molecular complexity index is 1440. The van der Waals surface area contributed by atoms with Crippen molar-refractivity contribution in [2.75, 3.05) is 13.2 Å². The van der Waals surface area contributed by atoms with Gasteiger partial charge in [-0.05, 0) is 62.8 Å².